The summed E-state index contributed by atoms with van der Waals surface area (Å²) in [6.45, 7) is 12.7. The van der Waals surface area contributed by atoms with Gasteiger partial charge in [-0.25, -0.2) is 0 Å². The molecule has 0 unspecified atom stereocenters. The van der Waals surface area contributed by atoms with E-state index in [1.54, 1.807) is 0 Å². The van der Waals surface area contributed by atoms with Crippen molar-refractivity contribution in [2.45, 2.75) is 47.1 Å². The summed E-state index contributed by atoms with van der Waals surface area (Å²) >= 11 is 0. The van der Waals surface area contributed by atoms with E-state index in [-0.39, 0.29) is 0 Å². The topological polar surface area (TPSA) is 20.2 Å². The van der Waals surface area contributed by atoms with E-state index in [2.05, 4.69) is 27.7 Å². The summed E-state index contributed by atoms with van der Waals surface area (Å²) in [5, 5.41) is 9.83. The van der Waals surface area contributed by atoms with Gasteiger partial charge >= 0.3 is 0 Å². The Labute approximate surface area is 69.8 Å². The second-order valence-corrected chi connectivity index (χ2v) is 5.53. The summed E-state index contributed by atoms with van der Waals surface area (Å²) in [6.07, 6.45) is 0. The zero-order valence-electron chi connectivity index (χ0n) is 8.52. The van der Waals surface area contributed by atoms with Crippen LogP contribution < -0.4 is 0 Å². The average molecular weight is 156 g/mol. The van der Waals surface area contributed by atoms with Gasteiger partial charge in [-0.15, -0.1) is 0 Å². The molecular weight excluding hydrogens is 136 g/mol. The summed E-state index contributed by atoms with van der Waals surface area (Å²) < 4.78 is 0. The Morgan fingerprint density at radius 2 is 1.27 bits per heavy atom. The highest BCUT2D eigenvalue weighted by Crippen LogP contribution is 2.71. The third-order valence-electron chi connectivity index (χ3n) is 3.73. The fraction of sp³-hybridized carbons (Fsp3) is 1.00. The molecule has 1 rings (SSSR count). The molecule has 1 saturated carbocycles. The molecule has 1 nitrogen and oxygen atoms in total. The zero-order valence-corrected chi connectivity index (χ0v) is 8.52. The first kappa shape index (κ1) is 9.05. The van der Waals surface area contributed by atoms with E-state index in [0.717, 1.165) is 0 Å². The van der Waals surface area contributed by atoms with Gasteiger partial charge in [-0.05, 0) is 30.6 Å². The minimum absolute atomic E-state index is 0.297. The van der Waals surface area contributed by atoms with E-state index in [9.17, 15) is 5.11 Å². The predicted molar refractivity (Wildman–Crippen MR) is 47.3 cm³/mol. The molecule has 66 valence electrons. The van der Waals surface area contributed by atoms with Crippen LogP contribution in [-0.2, 0) is 0 Å². The van der Waals surface area contributed by atoms with Crippen molar-refractivity contribution >= 4 is 0 Å². The third kappa shape index (κ3) is 1.01. The summed E-state index contributed by atoms with van der Waals surface area (Å²) in [4.78, 5) is 0. The Kier molecular flexibility index (Phi) is 1.50. The molecular formula is C10H20O. The van der Waals surface area contributed by atoms with E-state index >= 15 is 0 Å². The maximum Gasteiger partial charge on any atom is 0.0630 e. The molecule has 0 aromatic carbocycles. The van der Waals surface area contributed by atoms with Crippen LogP contribution in [0, 0.1) is 16.7 Å². The van der Waals surface area contributed by atoms with E-state index in [4.69, 9.17) is 0 Å². The molecule has 0 spiro atoms. The van der Waals surface area contributed by atoms with Crippen LogP contribution in [0.3, 0.4) is 0 Å². The van der Waals surface area contributed by atoms with Crippen LogP contribution in [0.25, 0.3) is 0 Å². The van der Waals surface area contributed by atoms with Crippen molar-refractivity contribution in [2.24, 2.45) is 16.7 Å². The Hall–Kier alpha value is -0.0400. The molecule has 0 aromatic heterocycles. The van der Waals surface area contributed by atoms with Gasteiger partial charge in [-0.1, -0.05) is 27.7 Å². The largest absolute Gasteiger partial charge is 0.390 e. The minimum atomic E-state index is -0.521. The lowest BCUT2D eigenvalue weighted by Gasteiger charge is -2.19. The third-order valence-corrected chi connectivity index (χ3v) is 3.73. The Bertz CT molecular complexity index is 158. The van der Waals surface area contributed by atoms with Gasteiger partial charge in [0.05, 0.1) is 5.60 Å². The summed E-state index contributed by atoms with van der Waals surface area (Å²) in [7, 11) is 0. The van der Waals surface area contributed by atoms with Gasteiger partial charge in [0, 0.05) is 0 Å². The molecule has 1 aliphatic rings. The quantitative estimate of drug-likeness (QED) is 0.618. The molecule has 0 saturated heterocycles. The fourth-order valence-corrected chi connectivity index (χ4v) is 2.96. The number of aliphatic hydroxyl groups is 1. The highest BCUT2D eigenvalue weighted by molar-refractivity contribution is 5.17. The van der Waals surface area contributed by atoms with Crippen LogP contribution >= 0.6 is 0 Å². The molecule has 1 heteroatoms. The van der Waals surface area contributed by atoms with Crippen molar-refractivity contribution in [3.05, 3.63) is 0 Å². The van der Waals surface area contributed by atoms with Gasteiger partial charge in [0.15, 0.2) is 0 Å². The van der Waals surface area contributed by atoms with E-state index < -0.39 is 5.60 Å². The fourth-order valence-electron chi connectivity index (χ4n) is 2.96. The minimum Gasteiger partial charge on any atom is -0.390 e. The molecule has 0 radical (unpaired) electrons. The van der Waals surface area contributed by atoms with Crippen molar-refractivity contribution in [1.29, 1.82) is 0 Å². The number of hydrogen-bond acceptors (Lipinski definition) is 1. The van der Waals surface area contributed by atoms with Crippen LogP contribution in [0.2, 0.25) is 0 Å². The Morgan fingerprint density at radius 1 is 1.00 bits per heavy atom. The lowest BCUT2D eigenvalue weighted by Crippen LogP contribution is -2.25. The molecule has 1 N–H and O–H groups in total. The van der Waals surface area contributed by atoms with Crippen LogP contribution in [-0.4, -0.2) is 10.7 Å². The maximum atomic E-state index is 9.83. The molecule has 0 atom stereocenters. The Balaban J connectivity index is 2.84. The first-order chi connectivity index (χ1) is 4.62. The summed E-state index contributed by atoms with van der Waals surface area (Å²) in [5.74, 6) is 0.433. The van der Waals surface area contributed by atoms with Gasteiger partial charge in [0.25, 0.3) is 0 Å². The standard InChI is InChI=1S/C10H20O/c1-8(2)7(9(8,3)4)10(5,6)11/h7,11H,1-6H3. The molecule has 0 aromatic rings. The molecule has 0 aliphatic heterocycles. The van der Waals surface area contributed by atoms with Crippen molar-refractivity contribution < 1.29 is 5.11 Å². The van der Waals surface area contributed by atoms with E-state index in [0.29, 0.717) is 16.7 Å². The number of hydrogen-bond donors (Lipinski definition) is 1. The SMILES string of the molecule is CC(C)(O)C1C(C)(C)C1(C)C. The lowest BCUT2D eigenvalue weighted by molar-refractivity contribution is 0.0372. The van der Waals surface area contributed by atoms with Crippen LogP contribution in [0.1, 0.15) is 41.5 Å². The van der Waals surface area contributed by atoms with Gasteiger partial charge < -0.3 is 5.11 Å². The molecule has 11 heavy (non-hydrogen) atoms. The Morgan fingerprint density at radius 3 is 1.27 bits per heavy atom. The van der Waals surface area contributed by atoms with E-state index in [1.807, 2.05) is 13.8 Å². The van der Waals surface area contributed by atoms with E-state index in [1.165, 1.54) is 0 Å². The number of rotatable bonds is 1. The first-order valence-electron chi connectivity index (χ1n) is 4.34. The molecule has 0 bridgehead atoms. The molecule has 0 amide bonds. The van der Waals surface area contributed by atoms with Gasteiger partial charge in [0.1, 0.15) is 0 Å². The zero-order chi connectivity index (χ0) is 9.08. The molecule has 1 aliphatic carbocycles. The second-order valence-electron chi connectivity index (χ2n) is 5.53. The predicted octanol–water partition coefficient (Wildman–Crippen LogP) is 2.44. The smallest absolute Gasteiger partial charge is 0.0630 e. The van der Waals surface area contributed by atoms with Crippen molar-refractivity contribution in [3.63, 3.8) is 0 Å². The van der Waals surface area contributed by atoms with Crippen molar-refractivity contribution in [3.8, 4) is 0 Å². The maximum absolute atomic E-state index is 9.83. The van der Waals surface area contributed by atoms with Gasteiger partial charge in [-0.3, -0.25) is 0 Å². The highest BCUT2D eigenvalue weighted by atomic mass is 16.3. The lowest BCUT2D eigenvalue weighted by atomic mass is 9.96. The second kappa shape index (κ2) is 1.82. The summed E-state index contributed by atoms with van der Waals surface area (Å²) in [5.41, 5.74) is 0.0729. The summed E-state index contributed by atoms with van der Waals surface area (Å²) in [6, 6.07) is 0. The highest BCUT2D eigenvalue weighted by Gasteiger charge is 2.69. The average Bonchev–Trinajstić information content (AvgIpc) is 1.93. The van der Waals surface area contributed by atoms with Crippen molar-refractivity contribution in [1.82, 2.24) is 0 Å². The molecule has 0 heterocycles. The van der Waals surface area contributed by atoms with Gasteiger partial charge in [0.2, 0.25) is 0 Å². The van der Waals surface area contributed by atoms with Crippen LogP contribution in [0.15, 0.2) is 0 Å². The van der Waals surface area contributed by atoms with Crippen molar-refractivity contribution in [2.75, 3.05) is 0 Å². The van der Waals surface area contributed by atoms with Crippen LogP contribution in [0.4, 0.5) is 0 Å². The van der Waals surface area contributed by atoms with Crippen LogP contribution in [0.5, 0.6) is 0 Å². The molecule has 1 fully saturated rings. The monoisotopic (exact) mass is 156 g/mol. The van der Waals surface area contributed by atoms with Gasteiger partial charge in [-0.2, -0.15) is 0 Å². The first-order valence-corrected chi connectivity index (χ1v) is 4.34. The normalized spacial score (nSPS) is 28.6.